The molecule has 2 aromatic carbocycles. The average molecular weight is 444 g/mol. The summed E-state index contributed by atoms with van der Waals surface area (Å²) in [6.07, 6.45) is -4.48. The summed E-state index contributed by atoms with van der Waals surface area (Å²) in [5.41, 5.74) is -0.459. The van der Waals surface area contributed by atoms with Crippen LogP contribution in [0.4, 0.5) is 23.7 Å². The van der Waals surface area contributed by atoms with Gasteiger partial charge >= 0.3 is 12.2 Å². The van der Waals surface area contributed by atoms with Crippen LogP contribution in [0.25, 0.3) is 0 Å². The number of anilines is 1. The molecule has 0 fully saturated rings. The number of hydrogen-bond acceptors (Lipinski definition) is 2. The third-order valence-electron chi connectivity index (χ3n) is 3.06. The van der Waals surface area contributed by atoms with E-state index in [0.29, 0.717) is 22.0 Å². The fraction of sp³-hybridized carbons (Fsp3) is 0.188. The summed E-state index contributed by atoms with van der Waals surface area (Å²) in [5.74, 6) is 0. The van der Waals surface area contributed by atoms with Crippen LogP contribution in [0, 0.1) is 0 Å². The molecule has 2 amide bonds. The maximum atomic E-state index is 12.7. The van der Waals surface area contributed by atoms with Crippen LogP contribution in [0.3, 0.4) is 0 Å². The zero-order chi connectivity index (χ0) is 19.5. The molecule has 0 saturated heterocycles. The second kappa shape index (κ2) is 8.61. The third-order valence-corrected chi connectivity index (χ3v) is 5.53. The Labute approximate surface area is 167 Å². The summed E-state index contributed by atoms with van der Waals surface area (Å²) in [4.78, 5) is 12.3. The minimum Gasteiger partial charge on any atom is -0.338 e. The van der Waals surface area contributed by atoms with Gasteiger partial charge in [-0.1, -0.05) is 46.6 Å². The Hall–Kier alpha value is -1.28. The molecular formula is C16H12Cl3F3N2OS. The number of benzene rings is 2. The number of urea groups is 1. The van der Waals surface area contributed by atoms with Crippen molar-refractivity contribution < 1.29 is 18.0 Å². The lowest BCUT2D eigenvalue weighted by Crippen LogP contribution is -2.28. The molecule has 10 heteroatoms. The summed E-state index contributed by atoms with van der Waals surface area (Å²) >= 11 is 19.4. The van der Waals surface area contributed by atoms with Crippen molar-refractivity contribution in [1.29, 1.82) is 0 Å². The standard InChI is InChI=1S/C16H12Cl3F3N2OS/c1-2-23-15(25)24-9-6-11(18)14(12(19)7-9)26-13-4-3-8(5-10(13)17)16(20,21)22/h3-7H,2H2,1H3,(H2,23,24,25). The molecule has 0 radical (unpaired) electrons. The van der Waals surface area contributed by atoms with Crippen LogP contribution in [-0.2, 0) is 6.18 Å². The average Bonchev–Trinajstić information content (AvgIpc) is 2.51. The normalized spacial score (nSPS) is 11.3. The van der Waals surface area contributed by atoms with Crippen molar-refractivity contribution in [2.75, 3.05) is 11.9 Å². The van der Waals surface area contributed by atoms with E-state index in [1.54, 1.807) is 6.92 Å². The van der Waals surface area contributed by atoms with E-state index < -0.39 is 17.8 Å². The van der Waals surface area contributed by atoms with Gasteiger partial charge in [-0.05, 0) is 37.3 Å². The number of amides is 2. The van der Waals surface area contributed by atoms with Gasteiger partial charge in [-0.3, -0.25) is 0 Å². The molecular weight excluding hydrogens is 432 g/mol. The van der Waals surface area contributed by atoms with Gasteiger partial charge < -0.3 is 10.6 Å². The Morgan fingerprint density at radius 2 is 1.69 bits per heavy atom. The zero-order valence-corrected chi connectivity index (χ0v) is 16.3. The van der Waals surface area contributed by atoms with Gasteiger partial charge in [0.1, 0.15) is 0 Å². The number of hydrogen-bond donors (Lipinski definition) is 2. The van der Waals surface area contributed by atoms with Gasteiger partial charge in [0, 0.05) is 22.0 Å². The van der Waals surface area contributed by atoms with Crippen LogP contribution >= 0.6 is 46.6 Å². The van der Waals surface area contributed by atoms with E-state index in [1.165, 1.54) is 18.2 Å². The summed E-state index contributed by atoms with van der Waals surface area (Å²) in [5, 5.41) is 5.52. The lowest BCUT2D eigenvalue weighted by molar-refractivity contribution is -0.137. The summed E-state index contributed by atoms with van der Waals surface area (Å²) < 4.78 is 38.1. The van der Waals surface area contributed by atoms with E-state index in [0.717, 1.165) is 23.9 Å². The van der Waals surface area contributed by atoms with Crippen LogP contribution < -0.4 is 10.6 Å². The molecule has 0 unspecified atom stereocenters. The van der Waals surface area contributed by atoms with E-state index in [2.05, 4.69) is 10.6 Å². The fourth-order valence-electron chi connectivity index (χ4n) is 1.94. The Balaban J connectivity index is 2.26. The summed E-state index contributed by atoms with van der Waals surface area (Å²) in [6, 6.07) is 5.60. The molecule has 0 aliphatic heterocycles. The highest BCUT2D eigenvalue weighted by Crippen LogP contribution is 2.44. The first-order valence-electron chi connectivity index (χ1n) is 7.20. The Kier molecular flexibility index (Phi) is 6.96. The Bertz CT molecular complexity index is 808. The van der Waals surface area contributed by atoms with Crippen LogP contribution in [-0.4, -0.2) is 12.6 Å². The molecule has 2 aromatic rings. The predicted molar refractivity (Wildman–Crippen MR) is 99.7 cm³/mol. The highest BCUT2D eigenvalue weighted by molar-refractivity contribution is 7.99. The minimum absolute atomic E-state index is 0.0681. The quantitative estimate of drug-likeness (QED) is 0.536. The molecule has 0 atom stereocenters. The van der Waals surface area contributed by atoms with Gasteiger partial charge in [-0.15, -0.1) is 0 Å². The zero-order valence-electron chi connectivity index (χ0n) is 13.2. The fourth-order valence-corrected chi connectivity index (χ4v) is 3.78. The SMILES string of the molecule is CCNC(=O)Nc1cc(Cl)c(Sc2ccc(C(F)(F)F)cc2Cl)c(Cl)c1. The largest absolute Gasteiger partial charge is 0.416 e. The van der Waals surface area contributed by atoms with Gasteiger partial charge in [0.2, 0.25) is 0 Å². The second-order valence-corrected chi connectivity index (χ2v) is 7.27. The van der Waals surface area contributed by atoms with Gasteiger partial charge in [0.25, 0.3) is 0 Å². The number of carbonyl (C=O) groups excluding carboxylic acids is 1. The monoisotopic (exact) mass is 442 g/mol. The van der Waals surface area contributed by atoms with E-state index in [9.17, 15) is 18.0 Å². The molecule has 0 aromatic heterocycles. The highest BCUT2D eigenvalue weighted by Gasteiger charge is 2.31. The minimum atomic E-state index is -4.48. The first-order chi connectivity index (χ1) is 12.1. The first-order valence-corrected chi connectivity index (χ1v) is 9.15. The number of alkyl halides is 3. The predicted octanol–water partition coefficient (Wildman–Crippen LogP) is 6.96. The lowest BCUT2D eigenvalue weighted by atomic mass is 10.2. The van der Waals surface area contributed by atoms with Crippen LogP contribution in [0.15, 0.2) is 40.1 Å². The first kappa shape index (κ1) is 21.0. The van der Waals surface area contributed by atoms with E-state index in [-0.39, 0.29) is 15.1 Å². The molecule has 140 valence electrons. The van der Waals surface area contributed by atoms with E-state index in [1.807, 2.05) is 0 Å². The van der Waals surface area contributed by atoms with E-state index >= 15 is 0 Å². The summed E-state index contributed by atoms with van der Waals surface area (Å²) in [7, 11) is 0. The Morgan fingerprint density at radius 3 is 2.19 bits per heavy atom. The van der Waals surface area contributed by atoms with Crippen molar-refractivity contribution in [3.8, 4) is 0 Å². The summed E-state index contributed by atoms with van der Waals surface area (Å²) in [6.45, 7) is 2.22. The van der Waals surface area contributed by atoms with Crippen molar-refractivity contribution in [2.24, 2.45) is 0 Å². The molecule has 0 spiro atoms. The van der Waals surface area contributed by atoms with Gasteiger partial charge in [0.05, 0.1) is 20.6 Å². The molecule has 0 saturated carbocycles. The maximum Gasteiger partial charge on any atom is 0.416 e. The topological polar surface area (TPSA) is 41.1 Å². The van der Waals surface area contributed by atoms with Crippen LogP contribution in [0.5, 0.6) is 0 Å². The van der Waals surface area contributed by atoms with Gasteiger partial charge in [-0.2, -0.15) is 13.2 Å². The van der Waals surface area contributed by atoms with Crippen LogP contribution in [0.1, 0.15) is 12.5 Å². The number of nitrogens with one attached hydrogen (secondary N) is 2. The second-order valence-electron chi connectivity index (χ2n) is 5.00. The molecule has 26 heavy (non-hydrogen) atoms. The molecule has 3 nitrogen and oxygen atoms in total. The molecule has 2 rings (SSSR count). The third kappa shape index (κ3) is 5.36. The molecule has 0 aliphatic carbocycles. The highest BCUT2D eigenvalue weighted by atomic mass is 35.5. The lowest BCUT2D eigenvalue weighted by Gasteiger charge is -2.13. The number of rotatable bonds is 4. The van der Waals surface area contributed by atoms with Crippen LogP contribution in [0.2, 0.25) is 15.1 Å². The van der Waals surface area contributed by atoms with Gasteiger partial charge in [0.15, 0.2) is 0 Å². The molecule has 0 heterocycles. The van der Waals surface area contributed by atoms with Crippen molar-refractivity contribution in [2.45, 2.75) is 22.9 Å². The van der Waals surface area contributed by atoms with Gasteiger partial charge in [-0.25, -0.2) is 4.79 Å². The van der Waals surface area contributed by atoms with Crippen molar-refractivity contribution in [3.05, 3.63) is 51.0 Å². The number of carbonyl (C=O) groups is 1. The van der Waals surface area contributed by atoms with Crippen molar-refractivity contribution in [3.63, 3.8) is 0 Å². The molecule has 0 aliphatic rings. The number of halogens is 6. The smallest absolute Gasteiger partial charge is 0.338 e. The molecule has 0 bridgehead atoms. The van der Waals surface area contributed by atoms with Crippen molar-refractivity contribution >= 4 is 58.3 Å². The van der Waals surface area contributed by atoms with Crippen molar-refractivity contribution in [1.82, 2.24) is 5.32 Å². The Morgan fingerprint density at radius 1 is 1.08 bits per heavy atom. The maximum absolute atomic E-state index is 12.7. The van der Waals surface area contributed by atoms with E-state index in [4.69, 9.17) is 34.8 Å². The molecule has 2 N–H and O–H groups in total.